The predicted molar refractivity (Wildman–Crippen MR) is 128 cm³/mol. The van der Waals surface area contributed by atoms with Crippen LogP contribution in [0.3, 0.4) is 0 Å². The van der Waals surface area contributed by atoms with Gasteiger partial charge in [0.2, 0.25) is 0 Å². The second-order valence-electron chi connectivity index (χ2n) is 6.41. The summed E-state index contributed by atoms with van der Waals surface area (Å²) in [4.78, 5) is 24.0. The summed E-state index contributed by atoms with van der Waals surface area (Å²) in [5.41, 5.74) is 1.15. The van der Waals surface area contributed by atoms with Crippen LogP contribution in [-0.2, 0) is 19.0 Å². The van der Waals surface area contributed by atoms with E-state index in [2.05, 4.69) is 49.8 Å². The van der Waals surface area contributed by atoms with Crippen molar-refractivity contribution < 1.29 is 28.9 Å². The second-order valence-corrected chi connectivity index (χ2v) is 8.49. The van der Waals surface area contributed by atoms with Crippen LogP contribution in [0.1, 0.15) is 23.7 Å². The van der Waals surface area contributed by atoms with E-state index in [0.717, 1.165) is 0 Å². The molecular formula is C21H20Br2N2O6S. The summed E-state index contributed by atoms with van der Waals surface area (Å²) in [6.07, 6.45) is -2.40. The van der Waals surface area contributed by atoms with Crippen molar-refractivity contribution in [2.24, 2.45) is 0 Å². The molecule has 2 aromatic carbocycles. The van der Waals surface area contributed by atoms with E-state index in [9.17, 15) is 14.7 Å². The number of methoxy groups -OCH3 is 1. The highest BCUT2D eigenvalue weighted by molar-refractivity contribution is 9.11. The Morgan fingerprint density at radius 3 is 2.53 bits per heavy atom. The number of halogens is 2. The molecule has 0 aliphatic carbocycles. The summed E-state index contributed by atoms with van der Waals surface area (Å²) in [7, 11) is 1.42. The number of benzene rings is 2. The van der Waals surface area contributed by atoms with Crippen LogP contribution in [0.2, 0.25) is 0 Å². The van der Waals surface area contributed by atoms with Crippen LogP contribution in [0.15, 0.2) is 45.3 Å². The molecule has 170 valence electrons. The van der Waals surface area contributed by atoms with Gasteiger partial charge >= 0.3 is 12.1 Å². The lowest BCUT2D eigenvalue weighted by atomic mass is 10.0. The van der Waals surface area contributed by atoms with Crippen LogP contribution < -0.4 is 5.32 Å². The summed E-state index contributed by atoms with van der Waals surface area (Å²) in [5.74, 6) is -0.685. The maximum Gasteiger partial charge on any atom is 0.412 e. The number of hydrogen-bond acceptors (Lipinski definition) is 8. The van der Waals surface area contributed by atoms with Gasteiger partial charge in [-0.1, -0.05) is 15.9 Å². The molecule has 32 heavy (non-hydrogen) atoms. The zero-order valence-corrected chi connectivity index (χ0v) is 20.9. The second kappa shape index (κ2) is 12.7. The van der Waals surface area contributed by atoms with Gasteiger partial charge in [0.1, 0.15) is 11.9 Å². The van der Waals surface area contributed by atoms with Crippen molar-refractivity contribution in [2.75, 3.05) is 24.8 Å². The van der Waals surface area contributed by atoms with Crippen molar-refractivity contribution in [1.29, 1.82) is 5.26 Å². The average Bonchev–Trinajstić information content (AvgIpc) is 2.78. The normalized spacial score (nSPS) is 12.3. The maximum absolute atomic E-state index is 12.6. The van der Waals surface area contributed by atoms with Crippen LogP contribution in [0.5, 0.6) is 5.75 Å². The number of carbonyl (C=O) groups is 2. The van der Waals surface area contributed by atoms with Crippen molar-refractivity contribution >= 4 is 62.2 Å². The van der Waals surface area contributed by atoms with Crippen LogP contribution in [0.25, 0.3) is 0 Å². The summed E-state index contributed by atoms with van der Waals surface area (Å²) in [6, 6.07) is 11.5. The molecule has 0 unspecified atom stereocenters. The van der Waals surface area contributed by atoms with Crippen LogP contribution in [-0.4, -0.2) is 42.7 Å². The molecule has 0 saturated carbocycles. The monoisotopic (exact) mass is 586 g/mol. The van der Waals surface area contributed by atoms with E-state index in [-0.39, 0.29) is 30.1 Å². The number of nitriles is 1. The van der Waals surface area contributed by atoms with E-state index in [1.807, 2.05) is 6.07 Å². The Morgan fingerprint density at radius 1 is 1.25 bits per heavy atom. The van der Waals surface area contributed by atoms with Crippen LogP contribution in [0.4, 0.5) is 10.5 Å². The highest BCUT2D eigenvalue weighted by atomic mass is 79.9. The van der Waals surface area contributed by atoms with Gasteiger partial charge in [-0.2, -0.15) is 17.9 Å². The lowest BCUT2D eigenvalue weighted by Crippen LogP contribution is -2.29. The molecule has 0 aliphatic rings. The zero-order valence-electron chi connectivity index (χ0n) is 16.9. The van der Waals surface area contributed by atoms with Gasteiger partial charge < -0.3 is 19.3 Å². The van der Waals surface area contributed by atoms with Crippen LogP contribution in [0, 0.1) is 11.3 Å². The number of anilines is 1. The van der Waals surface area contributed by atoms with E-state index in [1.54, 1.807) is 36.4 Å². The fourth-order valence-electron chi connectivity index (χ4n) is 2.76. The van der Waals surface area contributed by atoms with Crippen molar-refractivity contribution in [3.63, 3.8) is 0 Å². The predicted octanol–water partition coefficient (Wildman–Crippen LogP) is 4.96. The highest BCUT2D eigenvalue weighted by Gasteiger charge is 2.31. The van der Waals surface area contributed by atoms with Crippen molar-refractivity contribution in [2.45, 2.75) is 18.6 Å². The third kappa shape index (κ3) is 7.41. The number of aromatic hydroxyl groups is 1. The number of amides is 1. The SMILES string of the molecule is CO[C@@H](CCOC(=O)CS)[C@@H](OC(=O)Nc1ccc(C#N)cc1)c1cc(Br)cc(Br)c1O. The number of ether oxygens (including phenoxy) is 3. The van der Waals surface area contributed by atoms with Crippen molar-refractivity contribution in [3.05, 3.63) is 56.5 Å². The van der Waals surface area contributed by atoms with Gasteiger partial charge in [-0.05, 0) is 52.3 Å². The molecule has 8 nitrogen and oxygen atoms in total. The number of nitrogens with zero attached hydrogens (tertiary/aromatic N) is 1. The van der Waals surface area contributed by atoms with Crippen LogP contribution >= 0.6 is 44.5 Å². The fraction of sp³-hybridized carbons (Fsp3) is 0.286. The highest BCUT2D eigenvalue weighted by Crippen LogP contribution is 2.39. The molecule has 0 saturated heterocycles. The van der Waals surface area contributed by atoms with E-state index in [0.29, 0.717) is 20.2 Å². The number of nitrogens with one attached hydrogen (secondary N) is 1. The van der Waals surface area contributed by atoms with Gasteiger partial charge in [-0.3, -0.25) is 10.1 Å². The Morgan fingerprint density at radius 2 is 1.94 bits per heavy atom. The zero-order chi connectivity index (χ0) is 23.7. The van der Waals surface area contributed by atoms with Crippen molar-refractivity contribution in [3.8, 4) is 11.8 Å². The summed E-state index contributed by atoms with van der Waals surface area (Å²) >= 11 is 10.5. The number of thiol groups is 1. The van der Waals surface area contributed by atoms with Gasteiger partial charge in [-0.25, -0.2) is 4.79 Å². The number of phenolic OH excluding ortho intramolecular Hbond substituents is 1. The molecule has 0 fully saturated rings. The Labute approximate surface area is 207 Å². The number of carbonyl (C=O) groups excluding carboxylic acids is 2. The first-order valence-corrected chi connectivity index (χ1v) is 11.5. The topological polar surface area (TPSA) is 118 Å². The smallest absolute Gasteiger partial charge is 0.412 e. The number of rotatable bonds is 9. The molecule has 1 amide bonds. The quantitative estimate of drug-likeness (QED) is 0.280. The van der Waals surface area contributed by atoms with E-state index >= 15 is 0 Å². The Balaban J connectivity index is 2.27. The lowest BCUT2D eigenvalue weighted by molar-refractivity contribution is -0.141. The Hall–Kier alpha value is -2.26. The molecule has 0 bridgehead atoms. The molecule has 2 atom stereocenters. The van der Waals surface area contributed by atoms with E-state index < -0.39 is 24.3 Å². The molecule has 0 radical (unpaired) electrons. The van der Waals surface area contributed by atoms with Gasteiger partial charge in [0, 0.05) is 29.3 Å². The largest absolute Gasteiger partial charge is 0.506 e. The molecule has 0 spiro atoms. The molecular weight excluding hydrogens is 568 g/mol. The molecule has 0 aliphatic heterocycles. The first kappa shape index (κ1) is 26.0. The molecule has 2 aromatic rings. The fourth-order valence-corrected chi connectivity index (χ4v) is 4.11. The Bertz CT molecular complexity index is 997. The maximum atomic E-state index is 12.6. The van der Waals surface area contributed by atoms with E-state index in [4.69, 9.17) is 19.5 Å². The summed E-state index contributed by atoms with van der Waals surface area (Å²) in [6.45, 7) is 0.00490. The number of hydrogen-bond donors (Lipinski definition) is 3. The molecule has 0 aromatic heterocycles. The van der Waals surface area contributed by atoms with Gasteiger partial charge in [0.05, 0.1) is 28.5 Å². The standard InChI is InChI=1S/C21H20Br2N2O6S/c1-29-17(6-7-30-18(26)11-32)20(15-8-13(22)9-16(23)19(15)27)31-21(28)25-14-4-2-12(10-24)3-5-14/h2-5,8-9,17,20,27,32H,6-7,11H2,1H3,(H,25,28)/t17-,20-/m0/s1. The minimum absolute atomic E-state index is 0.00490. The third-order valence-electron chi connectivity index (χ3n) is 4.29. The molecule has 2 rings (SSSR count). The number of phenols is 1. The third-order valence-corrected chi connectivity index (χ3v) is 5.61. The molecule has 11 heteroatoms. The Kier molecular flexibility index (Phi) is 10.3. The average molecular weight is 588 g/mol. The summed E-state index contributed by atoms with van der Waals surface area (Å²) < 4.78 is 17.2. The van der Waals surface area contributed by atoms with Gasteiger partial charge in [0.25, 0.3) is 0 Å². The number of esters is 1. The summed E-state index contributed by atoms with van der Waals surface area (Å²) in [5, 5.41) is 22.1. The van der Waals surface area contributed by atoms with Gasteiger partial charge in [-0.15, -0.1) is 0 Å². The first-order chi connectivity index (χ1) is 15.3. The minimum atomic E-state index is -1.04. The molecule has 2 N–H and O–H groups in total. The van der Waals surface area contributed by atoms with Crippen molar-refractivity contribution in [1.82, 2.24) is 0 Å². The van der Waals surface area contributed by atoms with E-state index in [1.165, 1.54) is 7.11 Å². The minimum Gasteiger partial charge on any atom is -0.506 e. The first-order valence-electron chi connectivity index (χ1n) is 9.24. The van der Waals surface area contributed by atoms with Gasteiger partial charge in [0.15, 0.2) is 6.10 Å². The lowest BCUT2D eigenvalue weighted by Gasteiger charge is -2.27. The molecule has 0 heterocycles.